The summed E-state index contributed by atoms with van der Waals surface area (Å²) < 4.78 is 23.1. The number of fused-ring (bicyclic) bond motifs is 1. The normalized spacial score (nSPS) is 22.0. The van der Waals surface area contributed by atoms with E-state index in [2.05, 4.69) is 18.2 Å². The highest BCUT2D eigenvalue weighted by molar-refractivity contribution is 7.91. The van der Waals surface area contributed by atoms with Crippen LogP contribution in [0.25, 0.3) is 0 Å². The van der Waals surface area contributed by atoms with Crippen molar-refractivity contribution in [1.29, 1.82) is 5.26 Å². The highest BCUT2D eigenvalue weighted by atomic mass is 32.2. The van der Waals surface area contributed by atoms with Crippen molar-refractivity contribution in [3.63, 3.8) is 0 Å². The van der Waals surface area contributed by atoms with Gasteiger partial charge in [-0.1, -0.05) is 31.2 Å². The molecule has 2 rings (SSSR count). The van der Waals surface area contributed by atoms with Gasteiger partial charge in [0.25, 0.3) is 0 Å². The van der Waals surface area contributed by atoms with Crippen LogP contribution in [-0.2, 0) is 22.7 Å². The molecule has 0 bridgehead atoms. The minimum Gasteiger partial charge on any atom is -0.229 e. The molecule has 0 aromatic heterocycles. The van der Waals surface area contributed by atoms with E-state index < -0.39 is 9.84 Å². The number of nitriles is 1. The second-order valence-corrected chi connectivity index (χ2v) is 8.15. The molecule has 1 aliphatic carbocycles. The molecule has 20 heavy (non-hydrogen) atoms. The Morgan fingerprint density at radius 2 is 2.00 bits per heavy atom. The van der Waals surface area contributed by atoms with E-state index in [9.17, 15) is 13.7 Å². The van der Waals surface area contributed by atoms with Crippen molar-refractivity contribution in [2.45, 2.75) is 39.0 Å². The Kier molecular flexibility index (Phi) is 4.49. The molecule has 0 radical (unpaired) electrons. The van der Waals surface area contributed by atoms with Gasteiger partial charge in [0.05, 0.1) is 17.2 Å². The van der Waals surface area contributed by atoms with Gasteiger partial charge in [0.2, 0.25) is 0 Å². The topological polar surface area (TPSA) is 57.9 Å². The van der Waals surface area contributed by atoms with Gasteiger partial charge in [-0.2, -0.15) is 5.26 Å². The van der Waals surface area contributed by atoms with E-state index in [0.29, 0.717) is 12.8 Å². The average molecular weight is 291 g/mol. The predicted molar refractivity (Wildman–Crippen MR) is 80.1 cm³/mol. The number of hydrogen-bond acceptors (Lipinski definition) is 3. The van der Waals surface area contributed by atoms with Gasteiger partial charge in [-0.3, -0.25) is 0 Å². The van der Waals surface area contributed by atoms with Crippen molar-refractivity contribution in [2.24, 2.45) is 5.41 Å². The smallest absolute Gasteiger partial charge is 0.150 e. The molecule has 3 nitrogen and oxygen atoms in total. The summed E-state index contributed by atoms with van der Waals surface area (Å²) >= 11 is 0. The Morgan fingerprint density at radius 1 is 1.30 bits per heavy atom. The van der Waals surface area contributed by atoms with Crippen LogP contribution in [0.15, 0.2) is 24.3 Å². The largest absolute Gasteiger partial charge is 0.229 e. The number of rotatable bonds is 5. The third kappa shape index (κ3) is 3.40. The fourth-order valence-corrected chi connectivity index (χ4v) is 3.81. The second kappa shape index (κ2) is 5.97. The summed E-state index contributed by atoms with van der Waals surface area (Å²) in [4.78, 5) is 0. The molecule has 1 aliphatic rings. The first-order chi connectivity index (χ1) is 9.50. The molecule has 0 amide bonds. The zero-order chi connectivity index (χ0) is 14.6. The quantitative estimate of drug-likeness (QED) is 0.838. The Hall–Kier alpha value is -1.34. The van der Waals surface area contributed by atoms with E-state index in [0.717, 1.165) is 19.3 Å². The fourth-order valence-electron chi connectivity index (χ4n) is 2.94. The van der Waals surface area contributed by atoms with Crippen molar-refractivity contribution in [3.05, 3.63) is 35.4 Å². The van der Waals surface area contributed by atoms with E-state index in [-0.39, 0.29) is 16.9 Å². The molecule has 0 aliphatic heterocycles. The zero-order valence-electron chi connectivity index (χ0n) is 11.9. The lowest BCUT2D eigenvalue weighted by Crippen LogP contribution is -2.28. The molecule has 0 saturated carbocycles. The Labute approximate surface area is 121 Å². The number of nitrogens with zero attached hydrogens (tertiary/aromatic N) is 1. The van der Waals surface area contributed by atoms with Gasteiger partial charge >= 0.3 is 0 Å². The summed E-state index contributed by atoms with van der Waals surface area (Å²) in [7, 11) is -2.93. The van der Waals surface area contributed by atoms with Gasteiger partial charge in [0.15, 0.2) is 0 Å². The minimum absolute atomic E-state index is 0.190. The first-order valence-corrected chi connectivity index (χ1v) is 9.01. The third-order valence-electron chi connectivity index (χ3n) is 4.31. The van der Waals surface area contributed by atoms with Crippen molar-refractivity contribution in [2.75, 3.05) is 11.5 Å². The van der Waals surface area contributed by atoms with Crippen LogP contribution in [-0.4, -0.2) is 19.9 Å². The van der Waals surface area contributed by atoms with Crippen LogP contribution in [0.1, 0.15) is 37.3 Å². The van der Waals surface area contributed by atoms with Gasteiger partial charge in [0, 0.05) is 5.75 Å². The van der Waals surface area contributed by atoms with Crippen molar-refractivity contribution >= 4 is 9.84 Å². The first-order valence-electron chi connectivity index (χ1n) is 7.19. The van der Waals surface area contributed by atoms with E-state index >= 15 is 0 Å². The summed E-state index contributed by atoms with van der Waals surface area (Å²) in [6.07, 6.45) is 3.78. The Bertz CT molecular complexity index is 616. The van der Waals surface area contributed by atoms with Gasteiger partial charge in [-0.15, -0.1) is 0 Å². The van der Waals surface area contributed by atoms with E-state index in [4.69, 9.17) is 0 Å². The Morgan fingerprint density at radius 3 is 2.65 bits per heavy atom. The van der Waals surface area contributed by atoms with Gasteiger partial charge in [-0.25, -0.2) is 8.42 Å². The maximum Gasteiger partial charge on any atom is 0.150 e. The van der Waals surface area contributed by atoms with Crippen LogP contribution < -0.4 is 0 Å². The van der Waals surface area contributed by atoms with Crippen LogP contribution in [0.4, 0.5) is 0 Å². The lowest BCUT2D eigenvalue weighted by atomic mass is 9.70. The van der Waals surface area contributed by atoms with Gasteiger partial charge in [0.1, 0.15) is 9.84 Å². The number of sulfone groups is 1. The van der Waals surface area contributed by atoms with E-state index in [1.54, 1.807) is 6.92 Å². The van der Waals surface area contributed by atoms with Crippen LogP contribution in [0.2, 0.25) is 0 Å². The lowest BCUT2D eigenvalue weighted by molar-refractivity contribution is 0.313. The van der Waals surface area contributed by atoms with Crippen LogP contribution >= 0.6 is 0 Å². The molecule has 4 heteroatoms. The molecule has 0 heterocycles. The maximum absolute atomic E-state index is 11.5. The van der Waals surface area contributed by atoms with Gasteiger partial charge < -0.3 is 0 Å². The highest BCUT2D eigenvalue weighted by Gasteiger charge is 2.34. The maximum atomic E-state index is 11.5. The van der Waals surface area contributed by atoms with Gasteiger partial charge in [-0.05, 0) is 43.2 Å². The molecular formula is C16H21NO2S. The summed E-state index contributed by atoms with van der Waals surface area (Å²) in [5.74, 6) is 0.393. The highest BCUT2D eigenvalue weighted by Crippen LogP contribution is 2.38. The standard InChI is InChI=1S/C16H21NO2S/c1-2-20(18,19)11-5-9-16(13-17)10-8-14-6-3-4-7-15(14)12-16/h3-4,6-7H,2,5,8-12H2,1H3. The predicted octanol–water partition coefficient (Wildman–Crippen LogP) is 2.90. The van der Waals surface area contributed by atoms with Crippen molar-refractivity contribution in [3.8, 4) is 6.07 Å². The summed E-state index contributed by atoms with van der Waals surface area (Å²) in [5, 5.41) is 9.55. The lowest BCUT2D eigenvalue weighted by Gasteiger charge is -2.32. The molecule has 0 fully saturated rings. The van der Waals surface area contributed by atoms with Crippen LogP contribution in [0.5, 0.6) is 0 Å². The summed E-state index contributed by atoms with van der Waals surface area (Å²) in [5.41, 5.74) is 2.20. The molecular weight excluding hydrogens is 270 g/mol. The monoisotopic (exact) mass is 291 g/mol. The summed E-state index contributed by atoms with van der Waals surface area (Å²) in [6, 6.07) is 10.7. The van der Waals surface area contributed by atoms with Crippen molar-refractivity contribution in [1.82, 2.24) is 0 Å². The molecule has 0 N–H and O–H groups in total. The number of aryl methyl sites for hydroxylation is 1. The SMILES string of the molecule is CCS(=O)(=O)CCCC1(C#N)CCc2ccccc2C1. The third-order valence-corrected chi connectivity index (χ3v) is 6.10. The molecule has 1 aromatic carbocycles. The summed E-state index contributed by atoms with van der Waals surface area (Å²) in [6.45, 7) is 1.67. The van der Waals surface area contributed by atoms with E-state index in [1.807, 2.05) is 12.1 Å². The number of hydrogen-bond donors (Lipinski definition) is 0. The molecule has 1 atom stereocenters. The molecule has 108 valence electrons. The fraction of sp³-hybridized carbons (Fsp3) is 0.562. The van der Waals surface area contributed by atoms with Crippen molar-refractivity contribution < 1.29 is 8.42 Å². The molecule has 0 spiro atoms. The molecule has 1 unspecified atom stereocenters. The zero-order valence-corrected chi connectivity index (χ0v) is 12.7. The molecule has 1 aromatic rings. The van der Waals surface area contributed by atoms with E-state index in [1.165, 1.54) is 11.1 Å². The second-order valence-electron chi connectivity index (χ2n) is 5.68. The molecule has 0 saturated heterocycles. The van der Waals surface area contributed by atoms with Crippen LogP contribution in [0, 0.1) is 16.7 Å². The average Bonchev–Trinajstić information content (AvgIpc) is 2.47. The minimum atomic E-state index is -2.93. The van der Waals surface area contributed by atoms with Crippen LogP contribution in [0.3, 0.4) is 0 Å². The Balaban J connectivity index is 2.04. The number of benzene rings is 1. The first kappa shape index (κ1) is 15.1.